The van der Waals surface area contributed by atoms with Crippen LogP contribution in [-0.4, -0.2) is 60.0 Å². The van der Waals surface area contributed by atoms with E-state index in [1.54, 1.807) is 0 Å². The van der Waals surface area contributed by atoms with Crippen LogP contribution in [0.5, 0.6) is 0 Å². The Morgan fingerprint density at radius 2 is 1.68 bits per heavy atom. The first-order chi connectivity index (χ1) is 18.9. The van der Waals surface area contributed by atoms with Crippen molar-refractivity contribution in [3.63, 3.8) is 0 Å². The number of alkyl carbamates (subject to hydrolysis) is 1. The lowest BCUT2D eigenvalue weighted by Crippen LogP contribution is -2.55. The SMILES string of the molecule is CC(C)C[C@H](NC(=O)OC(Cc1ccccc1)c1ccccc1)C(=O)N[C@@H](C[C@@H]1CCNC1=O)C(O)S(=O)(=O)O. The summed E-state index contributed by atoms with van der Waals surface area (Å²) >= 11 is 0. The third kappa shape index (κ3) is 9.32. The number of carbonyl (C=O) groups is 3. The van der Waals surface area contributed by atoms with Crippen molar-refractivity contribution in [1.82, 2.24) is 16.0 Å². The normalized spacial score (nSPS) is 18.3. The van der Waals surface area contributed by atoms with Gasteiger partial charge < -0.3 is 25.8 Å². The van der Waals surface area contributed by atoms with Gasteiger partial charge in [0.05, 0.1) is 6.04 Å². The number of benzene rings is 2. The van der Waals surface area contributed by atoms with Crippen LogP contribution >= 0.6 is 0 Å². The zero-order chi connectivity index (χ0) is 29.3. The Hall–Kier alpha value is -3.48. The predicted molar refractivity (Wildman–Crippen MR) is 147 cm³/mol. The fourth-order valence-corrected chi connectivity index (χ4v) is 5.24. The van der Waals surface area contributed by atoms with E-state index in [0.717, 1.165) is 11.1 Å². The van der Waals surface area contributed by atoms with Crippen LogP contribution < -0.4 is 16.0 Å². The number of hydrogen-bond acceptors (Lipinski definition) is 7. The zero-order valence-electron chi connectivity index (χ0n) is 22.5. The molecule has 3 rings (SSSR count). The number of aliphatic hydroxyl groups is 1. The highest BCUT2D eigenvalue weighted by molar-refractivity contribution is 7.86. The molecule has 40 heavy (non-hydrogen) atoms. The average Bonchev–Trinajstić information content (AvgIpc) is 3.31. The summed E-state index contributed by atoms with van der Waals surface area (Å²) in [6.07, 6.45) is -0.774. The van der Waals surface area contributed by atoms with Crippen molar-refractivity contribution in [1.29, 1.82) is 0 Å². The molecule has 0 saturated carbocycles. The summed E-state index contributed by atoms with van der Waals surface area (Å²) in [5.41, 5.74) is -0.652. The van der Waals surface area contributed by atoms with E-state index in [1.165, 1.54) is 0 Å². The van der Waals surface area contributed by atoms with Crippen LogP contribution in [0.2, 0.25) is 0 Å². The first kappa shape index (κ1) is 31.1. The molecule has 2 aromatic rings. The number of hydrogen-bond donors (Lipinski definition) is 5. The van der Waals surface area contributed by atoms with Gasteiger partial charge in [0, 0.05) is 18.9 Å². The van der Waals surface area contributed by atoms with Gasteiger partial charge in [0.1, 0.15) is 12.1 Å². The monoisotopic (exact) mass is 575 g/mol. The summed E-state index contributed by atoms with van der Waals surface area (Å²) < 4.78 is 38.6. The number of rotatable bonds is 13. The van der Waals surface area contributed by atoms with E-state index in [0.29, 0.717) is 19.4 Å². The molecule has 0 aliphatic carbocycles. The van der Waals surface area contributed by atoms with Crippen LogP contribution in [0, 0.1) is 11.8 Å². The molecule has 5 N–H and O–H groups in total. The molecule has 1 aliphatic rings. The largest absolute Gasteiger partial charge is 0.441 e. The second-order valence-corrected chi connectivity index (χ2v) is 11.9. The molecule has 0 aromatic heterocycles. The molecular weight excluding hydrogens is 538 g/mol. The third-order valence-corrected chi connectivity index (χ3v) is 7.62. The van der Waals surface area contributed by atoms with Crippen LogP contribution in [0.3, 0.4) is 0 Å². The number of amides is 3. The summed E-state index contributed by atoms with van der Waals surface area (Å²) in [5.74, 6) is -1.84. The Morgan fingerprint density at radius 1 is 1.05 bits per heavy atom. The van der Waals surface area contributed by atoms with Gasteiger partial charge >= 0.3 is 6.09 Å². The maximum atomic E-state index is 13.3. The lowest BCUT2D eigenvalue weighted by atomic mass is 9.97. The highest BCUT2D eigenvalue weighted by Gasteiger charge is 2.38. The van der Waals surface area contributed by atoms with Crippen molar-refractivity contribution in [2.24, 2.45) is 11.8 Å². The van der Waals surface area contributed by atoms with Gasteiger partial charge in [-0.15, -0.1) is 0 Å². The van der Waals surface area contributed by atoms with E-state index in [-0.39, 0.29) is 24.7 Å². The summed E-state index contributed by atoms with van der Waals surface area (Å²) in [6.45, 7) is 4.05. The van der Waals surface area contributed by atoms with Crippen molar-refractivity contribution >= 4 is 28.0 Å². The molecule has 0 radical (unpaired) electrons. The molecule has 2 aromatic carbocycles. The van der Waals surface area contributed by atoms with Crippen molar-refractivity contribution in [3.8, 4) is 0 Å². The fourth-order valence-electron chi connectivity index (χ4n) is 4.65. The van der Waals surface area contributed by atoms with E-state index in [1.807, 2.05) is 74.5 Å². The standard InChI is InChI=1S/C28H37N3O8S/c1-18(2)15-22(26(33)30-23(27(34)40(36,37)38)17-21-13-14-29-25(21)32)31-28(35)39-24(20-11-7-4-8-12-20)16-19-9-5-3-6-10-19/h3-12,18,21-24,27,34H,13-17H2,1-2H3,(H,29,32)(H,30,33)(H,31,35)(H,36,37,38)/t21-,22-,23-,24?,27?/m0/s1. The van der Waals surface area contributed by atoms with Crippen molar-refractivity contribution in [3.05, 3.63) is 71.8 Å². The van der Waals surface area contributed by atoms with Gasteiger partial charge in [-0.05, 0) is 36.3 Å². The van der Waals surface area contributed by atoms with Crippen LogP contribution in [0.25, 0.3) is 0 Å². The van der Waals surface area contributed by atoms with Gasteiger partial charge in [-0.2, -0.15) is 8.42 Å². The van der Waals surface area contributed by atoms with E-state index in [4.69, 9.17) is 4.74 Å². The summed E-state index contributed by atoms with van der Waals surface area (Å²) in [5, 5.41) is 17.9. The number of ether oxygens (including phenoxy) is 1. The molecule has 1 fully saturated rings. The number of carbonyl (C=O) groups excluding carboxylic acids is 3. The molecule has 11 nitrogen and oxygen atoms in total. The first-order valence-electron chi connectivity index (χ1n) is 13.2. The average molecular weight is 576 g/mol. The highest BCUT2D eigenvalue weighted by atomic mass is 32.2. The number of aliphatic hydroxyl groups excluding tert-OH is 1. The first-order valence-corrected chi connectivity index (χ1v) is 14.7. The molecule has 12 heteroatoms. The Bertz CT molecular complexity index is 1240. The van der Waals surface area contributed by atoms with E-state index in [9.17, 15) is 32.5 Å². The smallest absolute Gasteiger partial charge is 0.408 e. The van der Waals surface area contributed by atoms with Crippen LogP contribution in [0.4, 0.5) is 4.79 Å². The van der Waals surface area contributed by atoms with Gasteiger partial charge in [0.25, 0.3) is 10.1 Å². The van der Waals surface area contributed by atoms with Gasteiger partial charge in [0.2, 0.25) is 17.3 Å². The minimum Gasteiger partial charge on any atom is -0.441 e. The van der Waals surface area contributed by atoms with E-state index >= 15 is 0 Å². The minimum atomic E-state index is -4.96. The lowest BCUT2D eigenvalue weighted by molar-refractivity contribution is -0.126. The molecular formula is C28H37N3O8S. The fraction of sp³-hybridized carbons (Fsp3) is 0.464. The van der Waals surface area contributed by atoms with Gasteiger partial charge in [-0.3, -0.25) is 14.1 Å². The maximum absolute atomic E-state index is 13.3. The van der Waals surface area contributed by atoms with Crippen LogP contribution in [0.1, 0.15) is 50.3 Å². The Morgan fingerprint density at radius 3 is 2.23 bits per heavy atom. The summed E-state index contributed by atoms with van der Waals surface area (Å²) in [6, 6.07) is 16.0. The third-order valence-electron chi connectivity index (χ3n) is 6.68. The van der Waals surface area contributed by atoms with Crippen molar-refractivity contribution < 1.29 is 37.2 Å². The van der Waals surface area contributed by atoms with E-state index in [2.05, 4.69) is 16.0 Å². The molecule has 1 saturated heterocycles. The molecule has 5 atom stereocenters. The van der Waals surface area contributed by atoms with Crippen molar-refractivity contribution in [2.45, 2.75) is 63.2 Å². The minimum absolute atomic E-state index is 0.0594. The second-order valence-electron chi connectivity index (χ2n) is 10.4. The summed E-state index contributed by atoms with van der Waals surface area (Å²) in [7, 11) is -4.96. The second kappa shape index (κ2) is 14.2. The predicted octanol–water partition coefficient (Wildman–Crippen LogP) is 2.33. The lowest BCUT2D eigenvalue weighted by Gasteiger charge is -2.28. The molecule has 0 bridgehead atoms. The molecule has 2 unspecified atom stereocenters. The highest BCUT2D eigenvalue weighted by Crippen LogP contribution is 2.23. The van der Waals surface area contributed by atoms with Crippen LogP contribution in [-0.2, 0) is 30.9 Å². The van der Waals surface area contributed by atoms with Crippen LogP contribution in [0.15, 0.2) is 60.7 Å². The number of nitrogens with one attached hydrogen (secondary N) is 3. The Kier molecular flexibility index (Phi) is 11.1. The Balaban J connectivity index is 1.75. The quantitative estimate of drug-likeness (QED) is 0.227. The van der Waals surface area contributed by atoms with Crippen molar-refractivity contribution in [2.75, 3.05) is 6.54 Å². The molecule has 0 spiro atoms. The van der Waals surface area contributed by atoms with E-state index < -0.39 is 51.7 Å². The molecule has 1 aliphatic heterocycles. The topological polar surface area (TPSA) is 171 Å². The van der Waals surface area contributed by atoms with Gasteiger partial charge in [0.15, 0.2) is 0 Å². The summed E-state index contributed by atoms with van der Waals surface area (Å²) in [4.78, 5) is 38.4. The Labute approximate surface area is 234 Å². The molecule has 1 heterocycles. The van der Waals surface area contributed by atoms with Gasteiger partial charge in [-0.1, -0.05) is 74.5 Å². The maximum Gasteiger partial charge on any atom is 0.408 e. The zero-order valence-corrected chi connectivity index (χ0v) is 23.3. The molecule has 218 valence electrons. The van der Waals surface area contributed by atoms with Gasteiger partial charge in [-0.25, -0.2) is 4.79 Å². The molecule has 3 amide bonds.